The van der Waals surface area contributed by atoms with Crippen molar-refractivity contribution in [1.82, 2.24) is 4.98 Å². The van der Waals surface area contributed by atoms with Gasteiger partial charge in [0.15, 0.2) is 0 Å². The first kappa shape index (κ1) is 16.9. The van der Waals surface area contributed by atoms with Crippen molar-refractivity contribution in [3.8, 4) is 0 Å². The van der Waals surface area contributed by atoms with E-state index in [2.05, 4.69) is 9.71 Å². The number of aromatic nitrogens is 1. The van der Waals surface area contributed by atoms with Crippen LogP contribution in [0.4, 0.5) is 11.4 Å². The lowest BCUT2D eigenvalue weighted by molar-refractivity contribution is -0.116. The summed E-state index contributed by atoms with van der Waals surface area (Å²) in [6.45, 7) is 1.46. The molecule has 1 aromatic heterocycles. The number of hydrogen-bond acceptors (Lipinski definition) is 4. The molecule has 6 nitrogen and oxygen atoms in total. The number of rotatable bonds is 4. The SMILES string of the molecule is CC(=O)N(C)c1ccc(NS(=O)(=O)c2cccc3ncccc23)cc1. The van der Waals surface area contributed by atoms with Crippen LogP contribution in [-0.2, 0) is 14.8 Å². The van der Waals surface area contributed by atoms with Gasteiger partial charge in [-0.25, -0.2) is 8.42 Å². The Labute approximate surface area is 146 Å². The van der Waals surface area contributed by atoms with Crippen LogP contribution in [0.5, 0.6) is 0 Å². The number of carbonyl (C=O) groups excluding carboxylic acids is 1. The number of nitrogens with zero attached hydrogens (tertiary/aromatic N) is 2. The minimum atomic E-state index is -3.76. The number of fused-ring (bicyclic) bond motifs is 1. The van der Waals surface area contributed by atoms with Crippen molar-refractivity contribution < 1.29 is 13.2 Å². The number of carbonyl (C=O) groups is 1. The first-order chi connectivity index (χ1) is 11.9. The molecule has 0 aliphatic carbocycles. The minimum Gasteiger partial charge on any atom is -0.316 e. The van der Waals surface area contributed by atoms with Crippen molar-refractivity contribution in [3.63, 3.8) is 0 Å². The van der Waals surface area contributed by atoms with Crippen molar-refractivity contribution in [2.24, 2.45) is 0 Å². The van der Waals surface area contributed by atoms with Gasteiger partial charge in [0.05, 0.1) is 10.4 Å². The van der Waals surface area contributed by atoms with E-state index in [0.29, 0.717) is 22.3 Å². The quantitative estimate of drug-likeness (QED) is 0.780. The highest BCUT2D eigenvalue weighted by atomic mass is 32.2. The molecule has 0 bridgehead atoms. The molecular weight excluding hydrogens is 338 g/mol. The molecule has 2 aromatic carbocycles. The fourth-order valence-electron chi connectivity index (χ4n) is 2.45. The lowest BCUT2D eigenvalue weighted by Gasteiger charge is -2.16. The number of pyridine rings is 1. The normalized spacial score (nSPS) is 11.3. The van der Waals surface area contributed by atoms with Crippen molar-refractivity contribution in [1.29, 1.82) is 0 Å². The Morgan fingerprint density at radius 1 is 1.04 bits per heavy atom. The molecule has 7 heteroatoms. The number of nitrogens with one attached hydrogen (secondary N) is 1. The van der Waals surface area contributed by atoms with Gasteiger partial charge >= 0.3 is 0 Å². The van der Waals surface area contributed by atoms with Crippen LogP contribution in [-0.4, -0.2) is 26.4 Å². The number of anilines is 2. The van der Waals surface area contributed by atoms with Crippen molar-refractivity contribution in [3.05, 3.63) is 60.8 Å². The molecule has 25 heavy (non-hydrogen) atoms. The van der Waals surface area contributed by atoms with Gasteiger partial charge < -0.3 is 4.90 Å². The fourth-order valence-corrected chi connectivity index (χ4v) is 3.73. The molecule has 0 aliphatic heterocycles. The molecule has 0 radical (unpaired) electrons. The van der Waals surface area contributed by atoms with Crippen LogP contribution < -0.4 is 9.62 Å². The van der Waals surface area contributed by atoms with Gasteiger partial charge in [0.1, 0.15) is 0 Å². The summed E-state index contributed by atoms with van der Waals surface area (Å²) in [6, 6.07) is 15.0. The molecule has 0 spiro atoms. The van der Waals surface area contributed by atoms with E-state index in [0.717, 1.165) is 0 Å². The van der Waals surface area contributed by atoms with E-state index in [9.17, 15) is 13.2 Å². The first-order valence-corrected chi connectivity index (χ1v) is 9.08. The lowest BCUT2D eigenvalue weighted by atomic mass is 10.2. The zero-order chi connectivity index (χ0) is 18.0. The fraction of sp³-hybridized carbons (Fsp3) is 0.111. The van der Waals surface area contributed by atoms with E-state index in [1.54, 1.807) is 67.8 Å². The van der Waals surface area contributed by atoms with E-state index in [-0.39, 0.29) is 10.8 Å². The Morgan fingerprint density at radius 3 is 2.44 bits per heavy atom. The smallest absolute Gasteiger partial charge is 0.262 e. The zero-order valence-electron chi connectivity index (χ0n) is 13.8. The third kappa shape index (κ3) is 3.46. The van der Waals surface area contributed by atoms with Gasteiger partial charge in [-0.05, 0) is 48.5 Å². The zero-order valence-corrected chi connectivity index (χ0v) is 14.6. The van der Waals surface area contributed by atoms with Crippen LogP contribution in [0.1, 0.15) is 6.92 Å². The second kappa shape index (κ2) is 6.52. The van der Waals surface area contributed by atoms with Gasteiger partial charge in [-0.15, -0.1) is 0 Å². The molecule has 1 N–H and O–H groups in total. The van der Waals surface area contributed by atoms with Crippen molar-refractivity contribution in [2.75, 3.05) is 16.7 Å². The summed E-state index contributed by atoms with van der Waals surface area (Å²) < 4.78 is 28.0. The highest BCUT2D eigenvalue weighted by Crippen LogP contribution is 2.24. The highest BCUT2D eigenvalue weighted by molar-refractivity contribution is 7.93. The summed E-state index contributed by atoms with van der Waals surface area (Å²) in [7, 11) is -2.10. The van der Waals surface area contributed by atoms with Gasteiger partial charge in [0, 0.05) is 36.9 Å². The average molecular weight is 355 g/mol. The van der Waals surface area contributed by atoms with Gasteiger partial charge in [-0.1, -0.05) is 6.07 Å². The Morgan fingerprint density at radius 2 is 1.76 bits per heavy atom. The molecular formula is C18H17N3O3S. The van der Waals surface area contributed by atoms with Crippen LogP contribution in [0, 0.1) is 0 Å². The third-order valence-electron chi connectivity index (χ3n) is 3.87. The molecule has 0 fully saturated rings. The molecule has 128 valence electrons. The van der Waals surface area contributed by atoms with Crippen LogP contribution in [0.2, 0.25) is 0 Å². The Balaban J connectivity index is 1.92. The van der Waals surface area contributed by atoms with Gasteiger partial charge in [0.25, 0.3) is 10.0 Å². The number of amides is 1. The largest absolute Gasteiger partial charge is 0.316 e. The molecule has 1 heterocycles. The molecule has 0 unspecified atom stereocenters. The van der Waals surface area contributed by atoms with Crippen LogP contribution >= 0.6 is 0 Å². The molecule has 3 aromatic rings. The second-order valence-electron chi connectivity index (χ2n) is 5.56. The van der Waals surface area contributed by atoms with Gasteiger partial charge in [-0.2, -0.15) is 0 Å². The molecule has 0 saturated carbocycles. The van der Waals surface area contributed by atoms with Gasteiger partial charge in [0.2, 0.25) is 5.91 Å². The summed E-state index contributed by atoms with van der Waals surface area (Å²) in [5.41, 5.74) is 1.72. The Kier molecular flexibility index (Phi) is 4.41. The predicted octanol–water partition coefficient (Wildman–Crippen LogP) is 3.02. The summed E-state index contributed by atoms with van der Waals surface area (Å²) >= 11 is 0. The van der Waals surface area contributed by atoms with E-state index >= 15 is 0 Å². The number of benzene rings is 2. The maximum atomic E-state index is 12.7. The minimum absolute atomic E-state index is 0.100. The lowest BCUT2D eigenvalue weighted by Crippen LogP contribution is -2.22. The second-order valence-corrected chi connectivity index (χ2v) is 7.21. The topological polar surface area (TPSA) is 79.4 Å². The summed E-state index contributed by atoms with van der Waals surface area (Å²) in [6.07, 6.45) is 1.62. The Hall–Kier alpha value is -2.93. The number of hydrogen-bond donors (Lipinski definition) is 1. The number of sulfonamides is 1. The molecule has 1 amide bonds. The maximum Gasteiger partial charge on any atom is 0.262 e. The van der Waals surface area contributed by atoms with Crippen LogP contribution in [0.15, 0.2) is 65.7 Å². The van der Waals surface area contributed by atoms with Gasteiger partial charge in [-0.3, -0.25) is 14.5 Å². The van der Waals surface area contributed by atoms with E-state index < -0.39 is 10.0 Å². The molecule has 0 aliphatic rings. The summed E-state index contributed by atoms with van der Waals surface area (Å²) in [5, 5.41) is 0.561. The average Bonchev–Trinajstić information content (AvgIpc) is 2.61. The summed E-state index contributed by atoms with van der Waals surface area (Å²) in [4.78, 5) is 17.2. The highest BCUT2D eigenvalue weighted by Gasteiger charge is 2.17. The standard InChI is InChI=1S/C18H17N3O3S/c1-13(22)21(2)15-10-8-14(9-11-15)20-25(23,24)18-7-3-6-17-16(18)5-4-12-19-17/h3-12,20H,1-2H3. The van der Waals surface area contributed by atoms with E-state index in [4.69, 9.17) is 0 Å². The van der Waals surface area contributed by atoms with E-state index in [1.807, 2.05) is 0 Å². The van der Waals surface area contributed by atoms with Crippen molar-refractivity contribution in [2.45, 2.75) is 11.8 Å². The van der Waals surface area contributed by atoms with Crippen molar-refractivity contribution >= 4 is 38.2 Å². The molecule has 0 atom stereocenters. The monoisotopic (exact) mass is 355 g/mol. The molecule has 3 rings (SSSR count). The van der Waals surface area contributed by atoms with Crippen LogP contribution in [0.3, 0.4) is 0 Å². The predicted molar refractivity (Wildman–Crippen MR) is 98.1 cm³/mol. The van der Waals surface area contributed by atoms with E-state index in [1.165, 1.54) is 11.8 Å². The summed E-state index contributed by atoms with van der Waals surface area (Å²) in [5.74, 6) is -0.100. The molecule has 0 saturated heterocycles. The third-order valence-corrected chi connectivity index (χ3v) is 5.31. The van der Waals surface area contributed by atoms with Crippen LogP contribution in [0.25, 0.3) is 10.9 Å². The Bertz CT molecular complexity index is 1030. The first-order valence-electron chi connectivity index (χ1n) is 7.59. The maximum absolute atomic E-state index is 12.7.